The number of amides is 1. The van der Waals surface area contributed by atoms with Crippen LogP contribution in [0.15, 0.2) is 18.2 Å². The number of rotatable bonds is 2. The van der Waals surface area contributed by atoms with Crippen LogP contribution in [0.5, 0.6) is 0 Å². The van der Waals surface area contributed by atoms with Crippen LogP contribution in [0.25, 0.3) is 0 Å². The molecule has 1 aromatic carbocycles. The summed E-state index contributed by atoms with van der Waals surface area (Å²) in [6.45, 7) is 10.1. The van der Waals surface area contributed by atoms with Crippen molar-refractivity contribution < 1.29 is 9.18 Å². The molecule has 1 atom stereocenters. The molecule has 0 spiro atoms. The maximum atomic E-state index is 13.0. The van der Waals surface area contributed by atoms with Gasteiger partial charge in [0.15, 0.2) is 0 Å². The number of benzene rings is 1. The van der Waals surface area contributed by atoms with E-state index in [2.05, 4.69) is 20.8 Å². The van der Waals surface area contributed by atoms with Gasteiger partial charge in [-0.05, 0) is 43.0 Å². The van der Waals surface area contributed by atoms with E-state index in [1.54, 1.807) is 24.9 Å². The van der Waals surface area contributed by atoms with Crippen molar-refractivity contribution in [1.82, 2.24) is 4.90 Å². The molecule has 0 radical (unpaired) electrons. The van der Waals surface area contributed by atoms with Crippen molar-refractivity contribution in [3.8, 4) is 0 Å². The van der Waals surface area contributed by atoms with Gasteiger partial charge in [0, 0.05) is 18.7 Å². The third-order valence-corrected chi connectivity index (χ3v) is 3.57. The van der Waals surface area contributed by atoms with E-state index in [1.807, 2.05) is 6.92 Å². The molecule has 0 aliphatic heterocycles. The number of nitrogens with zero attached hydrogens (tertiary/aromatic N) is 1. The molecule has 18 heavy (non-hydrogen) atoms. The maximum Gasteiger partial charge on any atom is 0.254 e. The highest BCUT2D eigenvalue weighted by Gasteiger charge is 2.28. The monoisotopic (exact) mass is 251 g/mol. The molecule has 0 saturated carbocycles. The molecule has 3 heteroatoms. The van der Waals surface area contributed by atoms with Crippen LogP contribution >= 0.6 is 0 Å². The standard InChI is InChI=1S/C15H22FNO/c1-10-9-12(16)7-8-13(10)14(18)17(6)11(2)15(3,4)5/h7-9,11H,1-6H3. The fourth-order valence-electron chi connectivity index (χ4n) is 1.81. The van der Waals surface area contributed by atoms with E-state index in [0.717, 1.165) is 0 Å². The van der Waals surface area contributed by atoms with Crippen molar-refractivity contribution >= 4 is 5.91 Å². The van der Waals surface area contributed by atoms with Crippen LogP contribution in [-0.2, 0) is 0 Å². The van der Waals surface area contributed by atoms with Crippen molar-refractivity contribution in [2.24, 2.45) is 5.41 Å². The zero-order valence-electron chi connectivity index (χ0n) is 12.0. The third kappa shape index (κ3) is 3.09. The Morgan fingerprint density at radius 3 is 2.33 bits per heavy atom. The molecule has 1 unspecified atom stereocenters. The van der Waals surface area contributed by atoms with Crippen molar-refractivity contribution in [2.75, 3.05) is 7.05 Å². The van der Waals surface area contributed by atoms with Crippen molar-refractivity contribution in [3.05, 3.63) is 35.1 Å². The summed E-state index contributed by atoms with van der Waals surface area (Å²) in [7, 11) is 1.79. The number of halogens is 1. The molecule has 0 saturated heterocycles. The minimum Gasteiger partial charge on any atom is -0.338 e. The molecule has 0 aromatic heterocycles. The van der Waals surface area contributed by atoms with Crippen LogP contribution in [0.3, 0.4) is 0 Å². The summed E-state index contributed by atoms with van der Waals surface area (Å²) >= 11 is 0. The Hall–Kier alpha value is -1.38. The van der Waals surface area contributed by atoms with Gasteiger partial charge in [-0.3, -0.25) is 4.79 Å². The summed E-state index contributed by atoms with van der Waals surface area (Å²) in [4.78, 5) is 14.1. The van der Waals surface area contributed by atoms with E-state index < -0.39 is 0 Å². The Balaban J connectivity index is 3.00. The summed E-state index contributed by atoms with van der Waals surface area (Å²) in [5.74, 6) is -0.370. The largest absolute Gasteiger partial charge is 0.338 e. The fourth-order valence-corrected chi connectivity index (χ4v) is 1.81. The van der Waals surface area contributed by atoms with Gasteiger partial charge in [0.25, 0.3) is 5.91 Å². The summed E-state index contributed by atoms with van der Waals surface area (Å²) in [5.41, 5.74) is 1.25. The van der Waals surface area contributed by atoms with Crippen LogP contribution in [0.4, 0.5) is 4.39 Å². The van der Waals surface area contributed by atoms with Crippen LogP contribution in [0.1, 0.15) is 43.6 Å². The predicted octanol–water partition coefficient (Wildman–Crippen LogP) is 3.64. The Labute approximate surface area is 109 Å². The molecule has 0 aliphatic rings. The van der Waals surface area contributed by atoms with Crippen LogP contribution in [-0.4, -0.2) is 23.9 Å². The van der Waals surface area contributed by atoms with Gasteiger partial charge in [-0.2, -0.15) is 0 Å². The van der Waals surface area contributed by atoms with Crippen molar-refractivity contribution in [3.63, 3.8) is 0 Å². The van der Waals surface area contributed by atoms with E-state index in [9.17, 15) is 9.18 Å². The second-order valence-electron chi connectivity index (χ2n) is 5.92. The van der Waals surface area contributed by atoms with Gasteiger partial charge in [-0.1, -0.05) is 20.8 Å². The SMILES string of the molecule is Cc1cc(F)ccc1C(=O)N(C)C(C)C(C)(C)C. The quantitative estimate of drug-likeness (QED) is 0.785. The number of carbonyl (C=O) groups excluding carboxylic acids is 1. The lowest BCUT2D eigenvalue weighted by atomic mass is 9.87. The Bertz CT molecular complexity index is 448. The molecule has 0 N–H and O–H groups in total. The number of aryl methyl sites for hydroxylation is 1. The van der Waals surface area contributed by atoms with Gasteiger partial charge in [0.1, 0.15) is 5.82 Å². The molecule has 1 amide bonds. The molecule has 1 rings (SSSR count). The average molecular weight is 251 g/mol. The number of hydrogen-bond donors (Lipinski definition) is 0. The normalized spacial score (nSPS) is 13.3. The summed E-state index contributed by atoms with van der Waals surface area (Å²) in [6.07, 6.45) is 0. The van der Waals surface area contributed by atoms with Crippen LogP contribution in [0, 0.1) is 18.2 Å². The Morgan fingerprint density at radius 1 is 1.33 bits per heavy atom. The maximum absolute atomic E-state index is 13.0. The highest BCUT2D eigenvalue weighted by Crippen LogP contribution is 2.24. The predicted molar refractivity (Wildman–Crippen MR) is 72.1 cm³/mol. The molecular formula is C15H22FNO. The van der Waals surface area contributed by atoms with Gasteiger partial charge in [-0.15, -0.1) is 0 Å². The number of hydrogen-bond acceptors (Lipinski definition) is 1. The van der Waals surface area contributed by atoms with Crippen LogP contribution in [0.2, 0.25) is 0 Å². The van der Waals surface area contributed by atoms with Crippen molar-refractivity contribution in [2.45, 2.75) is 40.7 Å². The first-order valence-electron chi connectivity index (χ1n) is 6.18. The molecular weight excluding hydrogens is 229 g/mol. The lowest BCUT2D eigenvalue weighted by Gasteiger charge is -2.35. The Kier molecular flexibility index (Phi) is 4.15. The van der Waals surface area contributed by atoms with E-state index >= 15 is 0 Å². The molecule has 0 aliphatic carbocycles. The smallest absolute Gasteiger partial charge is 0.254 e. The van der Waals surface area contributed by atoms with E-state index in [4.69, 9.17) is 0 Å². The highest BCUT2D eigenvalue weighted by molar-refractivity contribution is 5.95. The zero-order chi connectivity index (χ0) is 14.1. The molecule has 0 fully saturated rings. The first-order chi connectivity index (χ1) is 8.14. The lowest BCUT2D eigenvalue weighted by molar-refractivity contribution is 0.0628. The summed E-state index contributed by atoms with van der Waals surface area (Å²) in [5, 5.41) is 0. The van der Waals surface area contributed by atoms with E-state index in [-0.39, 0.29) is 23.2 Å². The van der Waals surface area contributed by atoms with Gasteiger partial charge < -0.3 is 4.90 Å². The Morgan fingerprint density at radius 2 is 1.89 bits per heavy atom. The van der Waals surface area contributed by atoms with E-state index in [1.165, 1.54) is 12.1 Å². The molecule has 0 heterocycles. The lowest BCUT2D eigenvalue weighted by Crippen LogP contribution is -2.43. The van der Waals surface area contributed by atoms with Gasteiger partial charge in [0.05, 0.1) is 0 Å². The van der Waals surface area contributed by atoms with Gasteiger partial charge in [0.2, 0.25) is 0 Å². The third-order valence-electron chi connectivity index (χ3n) is 3.57. The fraction of sp³-hybridized carbons (Fsp3) is 0.533. The zero-order valence-corrected chi connectivity index (χ0v) is 12.0. The van der Waals surface area contributed by atoms with E-state index in [0.29, 0.717) is 11.1 Å². The second-order valence-corrected chi connectivity index (χ2v) is 5.92. The topological polar surface area (TPSA) is 20.3 Å². The first kappa shape index (κ1) is 14.7. The summed E-state index contributed by atoms with van der Waals surface area (Å²) < 4.78 is 13.0. The molecule has 100 valence electrons. The second kappa shape index (κ2) is 5.09. The minimum atomic E-state index is -0.310. The van der Waals surface area contributed by atoms with Crippen molar-refractivity contribution in [1.29, 1.82) is 0 Å². The highest BCUT2D eigenvalue weighted by atomic mass is 19.1. The number of carbonyl (C=O) groups is 1. The summed E-state index contributed by atoms with van der Waals surface area (Å²) in [6, 6.07) is 4.38. The minimum absolute atomic E-state index is 0.0122. The first-order valence-corrected chi connectivity index (χ1v) is 6.18. The molecule has 1 aromatic rings. The molecule has 0 bridgehead atoms. The van der Waals surface area contributed by atoms with Crippen LogP contribution < -0.4 is 0 Å². The van der Waals surface area contributed by atoms with Gasteiger partial charge >= 0.3 is 0 Å². The molecule has 2 nitrogen and oxygen atoms in total. The van der Waals surface area contributed by atoms with Gasteiger partial charge in [-0.25, -0.2) is 4.39 Å². The average Bonchev–Trinajstić information content (AvgIpc) is 2.25.